The van der Waals surface area contributed by atoms with E-state index in [-0.39, 0.29) is 5.60 Å². The lowest BCUT2D eigenvalue weighted by Gasteiger charge is -2.04. The van der Waals surface area contributed by atoms with Gasteiger partial charge in [0.25, 0.3) is 0 Å². The van der Waals surface area contributed by atoms with Gasteiger partial charge in [0.15, 0.2) is 0 Å². The normalized spacial score (nSPS) is 25.6. The fourth-order valence-electron chi connectivity index (χ4n) is 1.74. The van der Waals surface area contributed by atoms with E-state index < -0.39 is 0 Å². The first-order valence-electron chi connectivity index (χ1n) is 4.78. The lowest BCUT2D eigenvalue weighted by molar-refractivity contribution is 0.329. The van der Waals surface area contributed by atoms with E-state index in [0.29, 0.717) is 0 Å². The fraction of sp³-hybridized carbons (Fsp3) is 0.364. The van der Waals surface area contributed by atoms with Crippen molar-refractivity contribution in [3.8, 4) is 0 Å². The second-order valence-corrected chi connectivity index (χ2v) is 4.07. The molecule has 0 saturated carbocycles. The number of hydrogen-bond donors (Lipinski definition) is 1. The number of aryl methyl sites for hydroxylation is 1. The van der Waals surface area contributed by atoms with Crippen molar-refractivity contribution in [3.05, 3.63) is 29.6 Å². The monoisotopic (exact) mass is 188 g/mol. The molecule has 1 fully saturated rings. The Bertz CT molecular complexity index is 497. The lowest BCUT2D eigenvalue weighted by atomic mass is 10.0. The summed E-state index contributed by atoms with van der Waals surface area (Å²) in [5.41, 5.74) is 3.30. The molecule has 1 N–H and O–H groups in total. The molecule has 1 aromatic heterocycles. The van der Waals surface area contributed by atoms with Crippen LogP contribution in [0.15, 0.2) is 18.2 Å². The van der Waals surface area contributed by atoms with E-state index in [2.05, 4.69) is 29.0 Å². The lowest BCUT2D eigenvalue weighted by Crippen LogP contribution is -2.01. The fourth-order valence-corrected chi connectivity index (χ4v) is 1.74. The molecule has 1 aliphatic heterocycles. The van der Waals surface area contributed by atoms with Gasteiger partial charge in [-0.25, -0.2) is 4.98 Å². The highest BCUT2D eigenvalue weighted by Gasteiger charge is 2.41. The molecule has 2 aromatic rings. The number of hydrogen-bond acceptors (Lipinski definition) is 2. The van der Waals surface area contributed by atoms with Crippen molar-refractivity contribution in [2.75, 3.05) is 6.61 Å². The van der Waals surface area contributed by atoms with Crippen LogP contribution in [0.5, 0.6) is 0 Å². The summed E-state index contributed by atoms with van der Waals surface area (Å²) < 4.78 is 5.40. The predicted octanol–water partition coefficient (Wildman–Crippen LogP) is 2.12. The van der Waals surface area contributed by atoms with E-state index in [0.717, 1.165) is 23.5 Å². The van der Waals surface area contributed by atoms with Gasteiger partial charge in [-0.05, 0) is 31.5 Å². The number of imidazole rings is 1. The Morgan fingerprint density at radius 3 is 3.00 bits per heavy atom. The van der Waals surface area contributed by atoms with Crippen molar-refractivity contribution in [2.45, 2.75) is 19.4 Å². The molecular formula is C11H12N2O. The minimum Gasteiger partial charge on any atom is -0.365 e. The van der Waals surface area contributed by atoms with Gasteiger partial charge in [-0.1, -0.05) is 6.07 Å². The number of fused-ring (bicyclic) bond motifs is 1. The molecule has 0 bridgehead atoms. The third-order valence-corrected chi connectivity index (χ3v) is 2.79. The summed E-state index contributed by atoms with van der Waals surface area (Å²) in [7, 11) is 0. The summed E-state index contributed by atoms with van der Waals surface area (Å²) >= 11 is 0. The number of ether oxygens (including phenoxy) is 1. The molecule has 3 heteroatoms. The summed E-state index contributed by atoms with van der Waals surface area (Å²) in [6.07, 6.45) is 0. The van der Waals surface area contributed by atoms with Crippen LogP contribution in [0.1, 0.15) is 18.3 Å². The molecule has 0 amide bonds. The maximum absolute atomic E-state index is 5.40. The Morgan fingerprint density at radius 1 is 1.50 bits per heavy atom. The molecular weight excluding hydrogens is 176 g/mol. The topological polar surface area (TPSA) is 41.2 Å². The number of benzene rings is 1. The molecule has 0 spiro atoms. The summed E-state index contributed by atoms with van der Waals surface area (Å²) in [6, 6.07) is 6.26. The van der Waals surface area contributed by atoms with Crippen LogP contribution in [0.2, 0.25) is 0 Å². The second kappa shape index (κ2) is 2.36. The van der Waals surface area contributed by atoms with Gasteiger partial charge in [0, 0.05) is 0 Å². The molecule has 1 saturated heterocycles. The van der Waals surface area contributed by atoms with Crippen molar-refractivity contribution < 1.29 is 4.74 Å². The van der Waals surface area contributed by atoms with E-state index in [9.17, 15) is 0 Å². The van der Waals surface area contributed by atoms with Crippen LogP contribution in [0.4, 0.5) is 0 Å². The van der Waals surface area contributed by atoms with Crippen molar-refractivity contribution >= 4 is 11.0 Å². The highest BCUT2D eigenvalue weighted by molar-refractivity contribution is 5.76. The van der Waals surface area contributed by atoms with E-state index in [4.69, 9.17) is 4.74 Å². The zero-order valence-corrected chi connectivity index (χ0v) is 8.29. The van der Waals surface area contributed by atoms with E-state index in [1.807, 2.05) is 13.0 Å². The Kier molecular flexibility index (Phi) is 1.35. The first-order chi connectivity index (χ1) is 6.67. The van der Waals surface area contributed by atoms with E-state index in [1.54, 1.807) is 0 Å². The number of aromatic nitrogens is 2. The third kappa shape index (κ3) is 1.06. The van der Waals surface area contributed by atoms with E-state index in [1.165, 1.54) is 5.56 Å². The molecule has 0 aliphatic carbocycles. The number of rotatable bonds is 1. The van der Waals surface area contributed by atoms with Crippen LogP contribution in [0, 0.1) is 6.92 Å². The minimum absolute atomic E-state index is 0.0484. The minimum atomic E-state index is -0.0484. The molecule has 1 atom stereocenters. The molecule has 72 valence electrons. The van der Waals surface area contributed by atoms with E-state index >= 15 is 0 Å². The molecule has 1 aliphatic rings. The van der Waals surface area contributed by atoms with Crippen LogP contribution >= 0.6 is 0 Å². The van der Waals surface area contributed by atoms with Gasteiger partial charge in [0.1, 0.15) is 11.4 Å². The number of aromatic amines is 1. The molecule has 3 rings (SSSR count). The van der Waals surface area contributed by atoms with Gasteiger partial charge in [0.05, 0.1) is 17.6 Å². The van der Waals surface area contributed by atoms with Gasteiger partial charge < -0.3 is 9.72 Å². The Morgan fingerprint density at radius 2 is 2.29 bits per heavy atom. The average molecular weight is 188 g/mol. The third-order valence-electron chi connectivity index (χ3n) is 2.79. The van der Waals surface area contributed by atoms with Crippen LogP contribution in [-0.2, 0) is 10.3 Å². The predicted molar refractivity (Wildman–Crippen MR) is 54.1 cm³/mol. The molecule has 1 unspecified atom stereocenters. The average Bonchev–Trinajstić information content (AvgIpc) is 2.79. The quantitative estimate of drug-likeness (QED) is 0.696. The largest absolute Gasteiger partial charge is 0.365 e. The Labute approximate surface area is 82.1 Å². The summed E-state index contributed by atoms with van der Waals surface area (Å²) in [4.78, 5) is 7.59. The first-order valence-corrected chi connectivity index (χ1v) is 4.78. The second-order valence-electron chi connectivity index (χ2n) is 4.07. The number of nitrogens with zero attached hydrogens (tertiary/aromatic N) is 1. The van der Waals surface area contributed by atoms with Gasteiger partial charge in [-0.3, -0.25) is 0 Å². The van der Waals surface area contributed by atoms with Gasteiger partial charge in [-0.2, -0.15) is 0 Å². The van der Waals surface area contributed by atoms with Gasteiger partial charge >= 0.3 is 0 Å². The molecule has 1 aromatic carbocycles. The van der Waals surface area contributed by atoms with Gasteiger partial charge in [-0.15, -0.1) is 0 Å². The molecule has 2 heterocycles. The summed E-state index contributed by atoms with van der Waals surface area (Å²) in [5, 5.41) is 0. The smallest absolute Gasteiger partial charge is 0.114 e. The SMILES string of the molecule is Cc1nc2ccc(C3(C)CO3)cc2[nH]1. The van der Waals surface area contributed by atoms with Crippen LogP contribution in [0.3, 0.4) is 0 Å². The van der Waals surface area contributed by atoms with Crippen molar-refractivity contribution in [2.24, 2.45) is 0 Å². The summed E-state index contributed by atoms with van der Waals surface area (Å²) in [5.74, 6) is 0.957. The van der Waals surface area contributed by atoms with Gasteiger partial charge in [0.2, 0.25) is 0 Å². The zero-order valence-electron chi connectivity index (χ0n) is 8.29. The maximum Gasteiger partial charge on any atom is 0.114 e. The van der Waals surface area contributed by atoms with Crippen LogP contribution in [0.25, 0.3) is 11.0 Å². The zero-order chi connectivity index (χ0) is 9.76. The number of nitrogens with one attached hydrogen (secondary N) is 1. The standard InChI is InChI=1S/C11H12N2O/c1-7-12-9-4-3-8(5-10(9)13-7)11(2)6-14-11/h3-5H,6H2,1-2H3,(H,12,13). The highest BCUT2D eigenvalue weighted by Crippen LogP contribution is 2.38. The molecule has 14 heavy (non-hydrogen) atoms. The van der Waals surface area contributed by atoms with Crippen molar-refractivity contribution in [3.63, 3.8) is 0 Å². The van der Waals surface area contributed by atoms with Crippen molar-refractivity contribution in [1.29, 1.82) is 0 Å². The molecule has 0 radical (unpaired) electrons. The highest BCUT2D eigenvalue weighted by atomic mass is 16.6. The Balaban J connectivity index is 2.19. The first kappa shape index (κ1) is 8.00. The Hall–Kier alpha value is -1.35. The van der Waals surface area contributed by atoms with Crippen molar-refractivity contribution in [1.82, 2.24) is 9.97 Å². The maximum atomic E-state index is 5.40. The number of H-pyrrole nitrogens is 1. The van der Waals surface area contributed by atoms with Crippen LogP contribution < -0.4 is 0 Å². The number of epoxide rings is 1. The molecule has 3 nitrogen and oxygen atoms in total. The summed E-state index contributed by atoms with van der Waals surface area (Å²) in [6.45, 7) is 4.90. The van der Waals surface area contributed by atoms with Crippen LogP contribution in [-0.4, -0.2) is 16.6 Å².